The van der Waals surface area contributed by atoms with E-state index in [-0.39, 0.29) is 42.8 Å². The molecule has 0 fully saturated rings. The van der Waals surface area contributed by atoms with E-state index in [1.165, 1.54) is 6.33 Å². The van der Waals surface area contributed by atoms with Crippen molar-refractivity contribution in [2.45, 2.75) is 20.3 Å². The second kappa shape index (κ2) is 12.1. The highest BCUT2D eigenvalue weighted by Crippen LogP contribution is 2.47. The molecule has 10 nitrogen and oxygen atoms in total. The molecule has 1 aromatic heterocycles. The zero-order valence-corrected chi connectivity index (χ0v) is 15.7. The van der Waals surface area contributed by atoms with Gasteiger partial charge in [-0.05, 0) is 20.3 Å². The van der Waals surface area contributed by atoms with Crippen LogP contribution in [0.5, 0.6) is 0 Å². The lowest BCUT2D eigenvalue weighted by Crippen LogP contribution is -2.11. The third kappa shape index (κ3) is 8.08. The Bertz CT molecular complexity index is 569. The van der Waals surface area contributed by atoms with Crippen LogP contribution in [-0.2, 0) is 28.0 Å². The second-order valence-electron chi connectivity index (χ2n) is 4.44. The molecular weight excluding hydrogens is 375 g/mol. The topological polar surface area (TPSA) is 121 Å². The summed E-state index contributed by atoms with van der Waals surface area (Å²) in [4.78, 5) is 23.4. The lowest BCUT2D eigenvalue weighted by Gasteiger charge is -2.16. The molecule has 0 unspecified atom stereocenters. The van der Waals surface area contributed by atoms with Gasteiger partial charge in [-0.15, -0.1) is 0 Å². The van der Waals surface area contributed by atoms with Gasteiger partial charge in [0.25, 0.3) is 0 Å². The van der Waals surface area contributed by atoms with Crippen LogP contribution in [-0.4, -0.2) is 49.2 Å². The number of halogens is 1. The first kappa shape index (κ1) is 21.8. The number of nitrogens with one attached hydrogen (secondary N) is 2. The highest BCUT2D eigenvalue weighted by molar-refractivity contribution is 7.53. The quantitative estimate of drug-likeness (QED) is 0.161. The fourth-order valence-electron chi connectivity index (χ4n) is 1.66. The number of hydrogen-bond donors (Lipinski definition) is 2. The Labute approximate surface area is 151 Å². The van der Waals surface area contributed by atoms with Gasteiger partial charge >= 0.3 is 7.60 Å². The molecule has 12 heteroatoms. The Hall–Kier alpha value is -1.29. The molecule has 1 amide bonds. The molecule has 0 spiro atoms. The summed E-state index contributed by atoms with van der Waals surface area (Å²) in [6.45, 7) is 4.61. The number of rotatable bonds is 14. The third-order valence-electron chi connectivity index (χ3n) is 2.61. The highest BCUT2D eigenvalue weighted by atomic mass is 35.5. The number of aromatic nitrogens is 2. The van der Waals surface area contributed by atoms with Gasteiger partial charge in [-0.2, -0.15) is 0 Å². The summed E-state index contributed by atoms with van der Waals surface area (Å²) in [6.07, 6.45) is 2.09. The lowest BCUT2D eigenvalue weighted by atomic mass is 10.5. The van der Waals surface area contributed by atoms with E-state index in [4.69, 9.17) is 30.2 Å². The zero-order chi connectivity index (χ0) is 18.5. The average molecular weight is 397 g/mol. The van der Waals surface area contributed by atoms with Crippen molar-refractivity contribution < 1.29 is 28.0 Å². The van der Waals surface area contributed by atoms with Crippen LogP contribution in [0.25, 0.3) is 0 Å². The largest absolute Gasteiger partial charge is 0.369 e. The van der Waals surface area contributed by atoms with Crippen LogP contribution < -0.4 is 10.8 Å². The molecule has 0 radical (unpaired) electrons. The summed E-state index contributed by atoms with van der Waals surface area (Å²) in [7, 11) is -3.19. The number of carbonyl (C=O) groups excluding carboxylic acids is 1. The van der Waals surface area contributed by atoms with E-state index in [2.05, 4.69) is 20.8 Å². The van der Waals surface area contributed by atoms with Crippen molar-refractivity contribution in [1.82, 2.24) is 9.97 Å². The van der Waals surface area contributed by atoms with Crippen molar-refractivity contribution in [1.29, 1.82) is 0 Å². The van der Waals surface area contributed by atoms with Crippen LogP contribution in [0.1, 0.15) is 20.3 Å². The van der Waals surface area contributed by atoms with Gasteiger partial charge in [0.1, 0.15) is 18.4 Å². The van der Waals surface area contributed by atoms with Gasteiger partial charge in [0, 0.05) is 6.61 Å². The van der Waals surface area contributed by atoms with E-state index in [1.807, 2.05) is 0 Å². The van der Waals surface area contributed by atoms with E-state index in [0.29, 0.717) is 19.4 Å². The van der Waals surface area contributed by atoms with Crippen LogP contribution in [0.15, 0.2) is 6.33 Å². The van der Waals surface area contributed by atoms with Crippen LogP contribution in [0.4, 0.5) is 11.5 Å². The normalized spacial score (nSPS) is 11.3. The molecule has 2 N–H and O–H groups in total. The van der Waals surface area contributed by atoms with Crippen LogP contribution in [0.2, 0.25) is 5.15 Å². The van der Waals surface area contributed by atoms with Gasteiger partial charge in [0.15, 0.2) is 11.0 Å². The maximum Gasteiger partial charge on any atom is 0.356 e. The SMILES string of the molecule is CCOP(=O)(COCCCONc1ncnc(Cl)c1NC=O)OCC. The highest BCUT2D eigenvalue weighted by Gasteiger charge is 2.23. The molecule has 0 aliphatic carbocycles. The first-order valence-corrected chi connectivity index (χ1v) is 9.71. The summed E-state index contributed by atoms with van der Waals surface area (Å²) in [5, 5.41) is 2.47. The van der Waals surface area contributed by atoms with Gasteiger partial charge < -0.3 is 19.1 Å². The molecule has 0 atom stereocenters. The van der Waals surface area contributed by atoms with Crippen molar-refractivity contribution >= 4 is 37.1 Å². The van der Waals surface area contributed by atoms with Crippen LogP contribution in [0, 0.1) is 0 Å². The van der Waals surface area contributed by atoms with Crippen molar-refractivity contribution in [3.8, 4) is 0 Å². The van der Waals surface area contributed by atoms with Crippen molar-refractivity contribution in [2.75, 3.05) is 43.6 Å². The number of hydrogen-bond acceptors (Lipinski definition) is 9. The number of anilines is 2. The Kier molecular flexibility index (Phi) is 10.6. The molecule has 0 aromatic carbocycles. The Balaban J connectivity index is 2.28. The number of nitrogens with zero attached hydrogens (tertiary/aromatic N) is 2. The first-order valence-electron chi connectivity index (χ1n) is 7.60. The summed E-state index contributed by atoms with van der Waals surface area (Å²) in [5.41, 5.74) is 2.78. The molecule has 0 aliphatic heterocycles. The fourth-order valence-corrected chi connectivity index (χ4v) is 3.21. The van der Waals surface area contributed by atoms with Crippen LogP contribution in [0.3, 0.4) is 0 Å². The average Bonchev–Trinajstić information content (AvgIpc) is 2.57. The molecule has 0 saturated carbocycles. The summed E-state index contributed by atoms with van der Waals surface area (Å²) < 4.78 is 27.7. The molecule has 25 heavy (non-hydrogen) atoms. The monoisotopic (exact) mass is 396 g/mol. The summed E-state index contributed by atoms with van der Waals surface area (Å²) >= 11 is 5.85. The van der Waals surface area contributed by atoms with Gasteiger partial charge in [0.05, 0.1) is 19.8 Å². The minimum atomic E-state index is -3.19. The second-order valence-corrected chi connectivity index (χ2v) is 6.79. The summed E-state index contributed by atoms with van der Waals surface area (Å²) in [6, 6.07) is 0. The van der Waals surface area contributed by atoms with Gasteiger partial charge in [-0.3, -0.25) is 14.2 Å². The van der Waals surface area contributed by atoms with E-state index in [9.17, 15) is 9.36 Å². The van der Waals surface area contributed by atoms with Crippen molar-refractivity contribution in [3.63, 3.8) is 0 Å². The van der Waals surface area contributed by atoms with Gasteiger partial charge in [-0.25, -0.2) is 15.4 Å². The van der Waals surface area contributed by atoms with E-state index in [1.54, 1.807) is 13.8 Å². The zero-order valence-electron chi connectivity index (χ0n) is 14.1. The maximum absolute atomic E-state index is 12.1. The van der Waals surface area contributed by atoms with E-state index in [0.717, 1.165) is 0 Å². The maximum atomic E-state index is 12.1. The standard InChI is InChI=1S/C13H22ClN4O6P/c1-3-23-25(20,24-4-2)10-21-6-5-7-22-18-13-11(17-9-19)12(14)15-8-16-13/h8-9H,3-7,10H2,1-2H3,(H,17,19)(H,15,16,18). The predicted octanol–water partition coefficient (Wildman–Crippen LogP) is 2.67. The van der Waals surface area contributed by atoms with Crippen molar-refractivity contribution in [2.24, 2.45) is 0 Å². The lowest BCUT2D eigenvalue weighted by molar-refractivity contribution is -0.105. The molecule has 142 valence electrons. The third-order valence-corrected chi connectivity index (χ3v) is 4.70. The van der Waals surface area contributed by atoms with Crippen LogP contribution >= 0.6 is 19.2 Å². The molecular formula is C13H22ClN4O6P. The minimum absolute atomic E-state index is 0.0825. The first-order chi connectivity index (χ1) is 12.1. The number of amides is 1. The Morgan fingerprint density at radius 2 is 1.96 bits per heavy atom. The molecule has 1 aromatic rings. The minimum Gasteiger partial charge on any atom is -0.369 e. The number of ether oxygens (including phenoxy) is 1. The smallest absolute Gasteiger partial charge is 0.356 e. The molecule has 0 bridgehead atoms. The van der Waals surface area contributed by atoms with Gasteiger partial charge in [-0.1, -0.05) is 11.6 Å². The predicted molar refractivity (Wildman–Crippen MR) is 92.6 cm³/mol. The Morgan fingerprint density at radius 1 is 1.24 bits per heavy atom. The van der Waals surface area contributed by atoms with Crippen molar-refractivity contribution in [3.05, 3.63) is 11.5 Å². The number of carbonyl (C=O) groups is 1. The molecule has 1 heterocycles. The molecule has 1 rings (SSSR count). The summed E-state index contributed by atoms with van der Waals surface area (Å²) in [5.74, 6) is 0.227. The molecule has 0 saturated heterocycles. The van der Waals surface area contributed by atoms with E-state index < -0.39 is 7.60 Å². The fraction of sp³-hybridized carbons (Fsp3) is 0.615. The Morgan fingerprint density at radius 3 is 2.60 bits per heavy atom. The van der Waals surface area contributed by atoms with Gasteiger partial charge in [0.2, 0.25) is 6.41 Å². The van der Waals surface area contributed by atoms with E-state index >= 15 is 0 Å². The molecule has 0 aliphatic rings.